The van der Waals surface area contributed by atoms with Gasteiger partial charge in [-0.15, -0.1) is 0 Å². The zero-order valence-electron chi connectivity index (χ0n) is 15.4. The smallest absolute Gasteiger partial charge is 0.311 e. The molecule has 0 aliphatic heterocycles. The number of rotatable bonds is 6. The Kier molecular flexibility index (Phi) is 5.80. The van der Waals surface area contributed by atoms with Crippen molar-refractivity contribution in [3.63, 3.8) is 0 Å². The van der Waals surface area contributed by atoms with Crippen molar-refractivity contribution in [1.29, 1.82) is 0 Å². The standard InChI is InChI=1S/C18H25N5O2/c1-6-15(24)25-16-17(22(2)3)20-14(21-18(16)23(4)5)11-12-7-9-13(19)10-8-12/h7-10H,6,11,19H2,1-5H3. The van der Waals surface area contributed by atoms with Crippen LogP contribution in [0.5, 0.6) is 5.75 Å². The lowest BCUT2D eigenvalue weighted by molar-refractivity contribution is -0.133. The molecule has 134 valence electrons. The van der Waals surface area contributed by atoms with Crippen LogP contribution < -0.4 is 20.3 Å². The Morgan fingerprint density at radius 1 is 1.04 bits per heavy atom. The number of nitrogens with zero attached hydrogens (tertiary/aromatic N) is 4. The van der Waals surface area contributed by atoms with Crippen molar-refractivity contribution in [2.24, 2.45) is 0 Å². The molecule has 0 saturated carbocycles. The van der Waals surface area contributed by atoms with E-state index in [9.17, 15) is 4.79 Å². The summed E-state index contributed by atoms with van der Waals surface area (Å²) in [4.78, 5) is 24.6. The number of nitrogen functional groups attached to an aromatic ring is 1. The van der Waals surface area contributed by atoms with Gasteiger partial charge in [0.1, 0.15) is 5.82 Å². The van der Waals surface area contributed by atoms with Gasteiger partial charge in [0.2, 0.25) is 5.75 Å². The van der Waals surface area contributed by atoms with Gasteiger partial charge in [-0.05, 0) is 17.7 Å². The molecule has 0 radical (unpaired) electrons. The van der Waals surface area contributed by atoms with Gasteiger partial charge in [0, 0.05) is 46.7 Å². The van der Waals surface area contributed by atoms with Crippen LogP contribution in [0.2, 0.25) is 0 Å². The molecular weight excluding hydrogens is 318 g/mol. The molecule has 0 aliphatic rings. The third-order valence-corrected chi connectivity index (χ3v) is 3.57. The third kappa shape index (κ3) is 4.59. The molecule has 0 unspecified atom stereocenters. The van der Waals surface area contributed by atoms with Gasteiger partial charge in [0.15, 0.2) is 11.6 Å². The molecule has 0 saturated heterocycles. The van der Waals surface area contributed by atoms with Crippen LogP contribution in [-0.4, -0.2) is 44.1 Å². The summed E-state index contributed by atoms with van der Waals surface area (Å²) in [6.45, 7) is 1.75. The second-order valence-corrected chi connectivity index (χ2v) is 6.15. The average Bonchev–Trinajstić information content (AvgIpc) is 2.57. The first-order valence-electron chi connectivity index (χ1n) is 8.12. The molecule has 25 heavy (non-hydrogen) atoms. The third-order valence-electron chi connectivity index (χ3n) is 3.57. The SMILES string of the molecule is CCC(=O)Oc1c(N(C)C)nc(Cc2ccc(N)cc2)nc1N(C)C. The Hall–Kier alpha value is -2.83. The first-order valence-corrected chi connectivity index (χ1v) is 8.12. The van der Waals surface area contributed by atoms with Gasteiger partial charge in [0.05, 0.1) is 0 Å². The molecule has 7 nitrogen and oxygen atoms in total. The number of ether oxygens (including phenoxy) is 1. The molecule has 1 aromatic carbocycles. The number of aromatic nitrogens is 2. The van der Waals surface area contributed by atoms with Crippen LogP contribution in [0.25, 0.3) is 0 Å². The fraction of sp³-hybridized carbons (Fsp3) is 0.389. The first kappa shape index (κ1) is 18.5. The highest BCUT2D eigenvalue weighted by Crippen LogP contribution is 2.34. The van der Waals surface area contributed by atoms with E-state index in [1.165, 1.54) is 0 Å². The summed E-state index contributed by atoms with van der Waals surface area (Å²) < 4.78 is 5.51. The molecule has 2 rings (SSSR count). The zero-order chi connectivity index (χ0) is 18.6. The van der Waals surface area contributed by atoms with Crippen molar-refractivity contribution in [3.05, 3.63) is 35.7 Å². The van der Waals surface area contributed by atoms with Gasteiger partial charge in [-0.3, -0.25) is 4.79 Å². The van der Waals surface area contributed by atoms with Crippen LogP contribution in [0.1, 0.15) is 24.7 Å². The Morgan fingerprint density at radius 2 is 1.56 bits per heavy atom. The number of hydrogen-bond donors (Lipinski definition) is 1. The van der Waals surface area contributed by atoms with Crippen LogP contribution in [0.4, 0.5) is 17.3 Å². The van der Waals surface area contributed by atoms with E-state index in [0.29, 0.717) is 29.6 Å². The van der Waals surface area contributed by atoms with E-state index < -0.39 is 0 Å². The van der Waals surface area contributed by atoms with E-state index in [-0.39, 0.29) is 12.4 Å². The lowest BCUT2D eigenvalue weighted by Gasteiger charge is -2.22. The highest BCUT2D eigenvalue weighted by Gasteiger charge is 2.21. The number of benzene rings is 1. The van der Waals surface area contributed by atoms with Crippen molar-refractivity contribution in [1.82, 2.24) is 9.97 Å². The van der Waals surface area contributed by atoms with Crippen LogP contribution in [0, 0.1) is 0 Å². The monoisotopic (exact) mass is 343 g/mol. The minimum absolute atomic E-state index is 0.285. The van der Waals surface area contributed by atoms with Crippen molar-refractivity contribution in [3.8, 4) is 5.75 Å². The quantitative estimate of drug-likeness (QED) is 0.635. The molecular formula is C18H25N5O2. The number of carbonyl (C=O) groups is 1. The summed E-state index contributed by atoms with van der Waals surface area (Å²) in [6.07, 6.45) is 0.844. The predicted molar refractivity (Wildman–Crippen MR) is 100 cm³/mol. The first-order chi connectivity index (χ1) is 11.8. The summed E-state index contributed by atoms with van der Waals surface area (Å²) >= 11 is 0. The maximum Gasteiger partial charge on any atom is 0.311 e. The minimum atomic E-state index is -0.318. The molecule has 0 atom stereocenters. The van der Waals surface area contributed by atoms with E-state index in [1.54, 1.807) is 6.92 Å². The van der Waals surface area contributed by atoms with E-state index >= 15 is 0 Å². The molecule has 2 aromatic rings. The maximum absolute atomic E-state index is 11.8. The van der Waals surface area contributed by atoms with E-state index in [0.717, 1.165) is 11.3 Å². The van der Waals surface area contributed by atoms with Gasteiger partial charge in [0.25, 0.3) is 0 Å². The molecule has 0 amide bonds. The highest BCUT2D eigenvalue weighted by atomic mass is 16.5. The lowest BCUT2D eigenvalue weighted by atomic mass is 10.1. The van der Waals surface area contributed by atoms with Crippen LogP contribution >= 0.6 is 0 Å². The Labute approximate surface area is 148 Å². The largest absolute Gasteiger partial charge is 0.419 e. The normalized spacial score (nSPS) is 10.4. The van der Waals surface area contributed by atoms with Gasteiger partial charge in [-0.1, -0.05) is 19.1 Å². The molecule has 1 aromatic heterocycles. The summed E-state index contributed by atoms with van der Waals surface area (Å²) in [5.41, 5.74) is 7.51. The number of hydrogen-bond acceptors (Lipinski definition) is 7. The fourth-order valence-corrected chi connectivity index (χ4v) is 2.25. The fourth-order valence-electron chi connectivity index (χ4n) is 2.25. The molecule has 7 heteroatoms. The minimum Gasteiger partial charge on any atom is -0.419 e. The van der Waals surface area contributed by atoms with E-state index in [2.05, 4.69) is 9.97 Å². The topological polar surface area (TPSA) is 84.6 Å². The van der Waals surface area contributed by atoms with Gasteiger partial charge >= 0.3 is 5.97 Å². The summed E-state index contributed by atoms with van der Waals surface area (Å²) in [5, 5.41) is 0. The molecule has 0 bridgehead atoms. The van der Waals surface area contributed by atoms with Gasteiger partial charge in [-0.2, -0.15) is 0 Å². The van der Waals surface area contributed by atoms with E-state index in [1.807, 2.05) is 62.3 Å². The lowest BCUT2D eigenvalue weighted by Crippen LogP contribution is -2.21. The molecule has 0 spiro atoms. The zero-order valence-corrected chi connectivity index (χ0v) is 15.4. The molecule has 2 N–H and O–H groups in total. The summed E-state index contributed by atoms with van der Waals surface area (Å²) in [7, 11) is 7.44. The average molecular weight is 343 g/mol. The number of nitrogens with two attached hydrogens (primary N) is 1. The predicted octanol–water partition coefficient (Wildman–Crippen LogP) is 2.10. The second-order valence-electron chi connectivity index (χ2n) is 6.15. The van der Waals surface area contributed by atoms with Crippen molar-refractivity contribution in [2.45, 2.75) is 19.8 Å². The number of anilines is 3. The molecule has 0 fully saturated rings. The molecule has 0 aliphatic carbocycles. The molecule has 1 heterocycles. The Balaban J connectivity index is 2.48. The number of esters is 1. The summed E-state index contributed by atoms with van der Waals surface area (Å²) in [5.74, 6) is 1.86. The van der Waals surface area contributed by atoms with Crippen molar-refractivity contribution < 1.29 is 9.53 Å². The maximum atomic E-state index is 11.8. The summed E-state index contributed by atoms with van der Waals surface area (Å²) in [6, 6.07) is 7.61. The Bertz CT molecular complexity index is 713. The number of carbonyl (C=O) groups excluding carboxylic acids is 1. The highest BCUT2D eigenvalue weighted by molar-refractivity contribution is 5.77. The van der Waals surface area contributed by atoms with E-state index in [4.69, 9.17) is 10.5 Å². The van der Waals surface area contributed by atoms with Crippen LogP contribution in [-0.2, 0) is 11.2 Å². The van der Waals surface area contributed by atoms with Crippen molar-refractivity contribution in [2.75, 3.05) is 43.7 Å². The van der Waals surface area contributed by atoms with Gasteiger partial charge in [-0.25, -0.2) is 9.97 Å². The van der Waals surface area contributed by atoms with Crippen LogP contribution in [0.15, 0.2) is 24.3 Å². The van der Waals surface area contributed by atoms with Crippen molar-refractivity contribution >= 4 is 23.3 Å². The second kappa shape index (κ2) is 7.83. The van der Waals surface area contributed by atoms with Gasteiger partial charge < -0.3 is 20.3 Å². The Morgan fingerprint density at radius 3 is 2.00 bits per heavy atom. The van der Waals surface area contributed by atoms with Crippen LogP contribution in [0.3, 0.4) is 0 Å².